The Morgan fingerprint density at radius 2 is 1.88 bits per heavy atom. The highest BCUT2D eigenvalue weighted by Crippen LogP contribution is 2.27. The van der Waals surface area contributed by atoms with E-state index < -0.39 is 5.91 Å². The molecule has 0 saturated heterocycles. The minimum absolute atomic E-state index is 0.168. The number of carbonyl (C=O) groups is 2. The Balaban J connectivity index is 2.00. The number of thioether (sulfide) groups is 1. The molecule has 126 valence electrons. The molecule has 24 heavy (non-hydrogen) atoms. The molecule has 0 aliphatic heterocycles. The minimum Gasteiger partial charge on any atom is -0.497 e. The van der Waals surface area contributed by atoms with E-state index in [9.17, 15) is 9.59 Å². The Kier molecular flexibility index (Phi) is 6.11. The molecule has 1 atom stereocenters. The SMILES string of the molecule is COc1ccc(S[C@@H](C)C(=O)Nc2ccc(C(N)=O)c(Cl)c2)cc1. The monoisotopic (exact) mass is 364 g/mol. The Hall–Kier alpha value is -2.18. The molecule has 2 aromatic carbocycles. The lowest BCUT2D eigenvalue weighted by atomic mass is 10.2. The highest BCUT2D eigenvalue weighted by molar-refractivity contribution is 8.00. The predicted octanol–water partition coefficient (Wildman–Crippen LogP) is 3.57. The zero-order valence-corrected chi connectivity index (χ0v) is 14.8. The summed E-state index contributed by atoms with van der Waals surface area (Å²) in [7, 11) is 1.60. The molecule has 0 unspecified atom stereocenters. The van der Waals surface area contributed by atoms with E-state index in [-0.39, 0.29) is 21.7 Å². The number of hydrogen-bond donors (Lipinski definition) is 2. The number of rotatable bonds is 6. The number of halogens is 1. The molecule has 3 N–H and O–H groups in total. The quantitative estimate of drug-likeness (QED) is 0.768. The second-order valence-electron chi connectivity index (χ2n) is 4.98. The molecule has 0 radical (unpaired) electrons. The number of amides is 2. The topological polar surface area (TPSA) is 81.4 Å². The number of anilines is 1. The Bertz CT molecular complexity index is 750. The third-order valence-electron chi connectivity index (χ3n) is 3.24. The van der Waals surface area contributed by atoms with Crippen LogP contribution in [0.5, 0.6) is 5.75 Å². The number of hydrogen-bond acceptors (Lipinski definition) is 4. The van der Waals surface area contributed by atoms with E-state index in [2.05, 4.69) is 5.32 Å². The lowest BCUT2D eigenvalue weighted by Gasteiger charge is -2.13. The van der Waals surface area contributed by atoms with Gasteiger partial charge in [0.25, 0.3) is 0 Å². The lowest BCUT2D eigenvalue weighted by Crippen LogP contribution is -2.22. The molecule has 0 spiro atoms. The van der Waals surface area contributed by atoms with Gasteiger partial charge < -0.3 is 15.8 Å². The van der Waals surface area contributed by atoms with Gasteiger partial charge in [0.2, 0.25) is 11.8 Å². The number of benzene rings is 2. The average Bonchev–Trinajstić information content (AvgIpc) is 2.55. The first-order chi connectivity index (χ1) is 11.4. The molecule has 0 heterocycles. The van der Waals surface area contributed by atoms with Crippen molar-refractivity contribution >= 4 is 40.9 Å². The summed E-state index contributed by atoms with van der Waals surface area (Å²) in [5.41, 5.74) is 5.93. The van der Waals surface area contributed by atoms with Gasteiger partial charge in [-0.2, -0.15) is 0 Å². The number of ether oxygens (including phenoxy) is 1. The Labute approximate surface area is 149 Å². The van der Waals surface area contributed by atoms with Crippen molar-refractivity contribution in [1.82, 2.24) is 0 Å². The van der Waals surface area contributed by atoms with Gasteiger partial charge in [0, 0.05) is 10.6 Å². The van der Waals surface area contributed by atoms with Gasteiger partial charge in [0.1, 0.15) is 5.75 Å². The van der Waals surface area contributed by atoms with Crippen molar-refractivity contribution in [3.05, 3.63) is 53.1 Å². The van der Waals surface area contributed by atoms with Gasteiger partial charge in [-0.3, -0.25) is 9.59 Å². The third kappa shape index (κ3) is 4.66. The molecule has 0 fully saturated rings. The molecule has 2 aromatic rings. The molecule has 0 bridgehead atoms. The molecular formula is C17H17ClN2O3S. The van der Waals surface area contributed by atoms with Crippen LogP contribution in [0.2, 0.25) is 5.02 Å². The first kappa shape index (κ1) is 18.2. The second kappa shape index (κ2) is 8.08. The van der Waals surface area contributed by atoms with Crippen molar-refractivity contribution in [2.24, 2.45) is 5.73 Å². The summed E-state index contributed by atoms with van der Waals surface area (Å²) in [5, 5.41) is 2.66. The zero-order valence-electron chi connectivity index (χ0n) is 13.2. The highest BCUT2D eigenvalue weighted by atomic mass is 35.5. The second-order valence-corrected chi connectivity index (χ2v) is 6.81. The number of nitrogens with one attached hydrogen (secondary N) is 1. The molecule has 0 saturated carbocycles. The summed E-state index contributed by atoms with van der Waals surface area (Å²) in [6.07, 6.45) is 0. The molecule has 0 aromatic heterocycles. The Morgan fingerprint density at radius 1 is 1.21 bits per heavy atom. The van der Waals surface area contributed by atoms with E-state index in [1.807, 2.05) is 31.2 Å². The first-order valence-electron chi connectivity index (χ1n) is 7.11. The largest absolute Gasteiger partial charge is 0.497 e. The van der Waals surface area contributed by atoms with Crippen LogP contribution in [0.1, 0.15) is 17.3 Å². The predicted molar refractivity (Wildman–Crippen MR) is 96.9 cm³/mol. The molecule has 2 rings (SSSR count). The van der Waals surface area contributed by atoms with Gasteiger partial charge in [0.05, 0.1) is 22.9 Å². The standard InChI is InChI=1S/C17H17ClN2O3S/c1-10(24-13-6-4-12(23-2)5-7-13)17(22)20-11-3-8-14(16(19)21)15(18)9-11/h3-10H,1-2H3,(H2,19,21)(H,20,22)/t10-/m0/s1. The van der Waals surface area contributed by atoms with Gasteiger partial charge in [-0.1, -0.05) is 11.6 Å². The summed E-state index contributed by atoms with van der Waals surface area (Å²) >= 11 is 7.40. The van der Waals surface area contributed by atoms with Crippen LogP contribution in [-0.4, -0.2) is 24.2 Å². The van der Waals surface area contributed by atoms with Crippen molar-refractivity contribution < 1.29 is 14.3 Å². The maximum atomic E-state index is 12.3. The van der Waals surface area contributed by atoms with Crippen molar-refractivity contribution in [2.75, 3.05) is 12.4 Å². The van der Waals surface area contributed by atoms with Crippen LogP contribution in [0.15, 0.2) is 47.4 Å². The van der Waals surface area contributed by atoms with Crippen LogP contribution >= 0.6 is 23.4 Å². The number of carbonyl (C=O) groups excluding carboxylic acids is 2. The fourth-order valence-corrected chi connectivity index (χ4v) is 3.09. The van der Waals surface area contributed by atoms with Crippen LogP contribution in [0.4, 0.5) is 5.69 Å². The molecule has 2 amide bonds. The summed E-state index contributed by atoms with van der Waals surface area (Å²) in [5.74, 6) is -0.0133. The third-order valence-corrected chi connectivity index (χ3v) is 4.67. The van der Waals surface area contributed by atoms with E-state index in [1.54, 1.807) is 13.2 Å². The highest BCUT2D eigenvalue weighted by Gasteiger charge is 2.16. The molecule has 5 nitrogen and oxygen atoms in total. The molecule has 0 aliphatic rings. The fraction of sp³-hybridized carbons (Fsp3) is 0.176. The first-order valence-corrected chi connectivity index (χ1v) is 8.37. The van der Waals surface area contributed by atoms with Gasteiger partial charge in [-0.05, 0) is 49.4 Å². The van der Waals surface area contributed by atoms with E-state index in [0.29, 0.717) is 5.69 Å². The van der Waals surface area contributed by atoms with Crippen molar-refractivity contribution in [3.8, 4) is 5.75 Å². The summed E-state index contributed by atoms with van der Waals surface area (Å²) in [4.78, 5) is 24.4. The summed E-state index contributed by atoms with van der Waals surface area (Å²) in [6.45, 7) is 1.81. The fourth-order valence-electron chi connectivity index (χ4n) is 1.95. The van der Waals surface area contributed by atoms with E-state index in [0.717, 1.165) is 10.6 Å². The summed E-state index contributed by atoms with van der Waals surface area (Å²) < 4.78 is 5.10. The zero-order chi connectivity index (χ0) is 17.7. The van der Waals surface area contributed by atoms with Crippen molar-refractivity contribution in [2.45, 2.75) is 17.1 Å². The normalized spacial score (nSPS) is 11.6. The maximum absolute atomic E-state index is 12.3. The van der Waals surface area contributed by atoms with Gasteiger partial charge in [0.15, 0.2) is 0 Å². The van der Waals surface area contributed by atoms with Gasteiger partial charge >= 0.3 is 0 Å². The Morgan fingerprint density at radius 3 is 2.42 bits per heavy atom. The van der Waals surface area contributed by atoms with Crippen LogP contribution in [0.25, 0.3) is 0 Å². The van der Waals surface area contributed by atoms with Crippen LogP contribution in [0, 0.1) is 0 Å². The minimum atomic E-state index is -0.610. The van der Waals surface area contributed by atoms with E-state index in [4.69, 9.17) is 22.1 Å². The number of primary amides is 1. The average molecular weight is 365 g/mol. The molecular weight excluding hydrogens is 348 g/mol. The van der Waals surface area contributed by atoms with Crippen LogP contribution in [-0.2, 0) is 4.79 Å². The van der Waals surface area contributed by atoms with Crippen molar-refractivity contribution in [3.63, 3.8) is 0 Å². The molecule has 0 aliphatic carbocycles. The maximum Gasteiger partial charge on any atom is 0.250 e. The lowest BCUT2D eigenvalue weighted by molar-refractivity contribution is -0.115. The van der Waals surface area contributed by atoms with Crippen molar-refractivity contribution in [1.29, 1.82) is 0 Å². The molecule has 7 heteroatoms. The number of methoxy groups -OCH3 is 1. The van der Waals surface area contributed by atoms with E-state index >= 15 is 0 Å². The van der Waals surface area contributed by atoms with Crippen LogP contribution in [0.3, 0.4) is 0 Å². The van der Waals surface area contributed by atoms with Gasteiger partial charge in [-0.25, -0.2) is 0 Å². The summed E-state index contributed by atoms with van der Waals surface area (Å²) in [6, 6.07) is 12.1. The smallest absolute Gasteiger partial charge is 0.250 e. The van der Waals surface area contributed by atoms with Crippen LogP contribution < -0.4 is 15.8 Å². The van der Waals surface area contributed by atoms with E-state index in [1.165, 1.54) is 23.9 Å². The van der Waals surface area contributed by atoms with Gasteiger partial charge in [-0.15, -0.1) is 11.8 Å². The number of nitrogens with two attached hydrogens (primary N) is 1.